The van der Waals surface area contributed by atoms with Crippen molar-refractivity contribution in [3.63, 3.8) is 0 Å². The van der Waals surface area contributed by atoms with Gasteiger partial charge in [-0.15, -0.1) is 0 Å². The third kappa shape index (κ3) is 1.95. The van der Waals surface area contributed by atoms with E-state index in [1.54, 1.807) is 0 Å². The number of aromatic nitrogens is 2. The highest BCUT2D eigenvalue weighted by molar-refractivity contribution is 5.77. The van der Waals surface area contributed by atoms with E-state index < -0.39 is 0 Å². The van der Waals surface area contributed by atoms with Crippen LogP contribution >= 0.6 is 0 Å². The van der Waals surface area contributed by atoms with Gasteiger partial charge in [0.25, 0.3) is 0 Å². The van der Waals surface area contributed by atoms with E-state index in [2.05, 4.69) is 23.0 Å². The number of aromatic amines is 1. The van der Waals surface area contributed by atoms with Gasteiger partial charge in [-0.2, -0.15) is 5.26 Å². The van der Waals surface area contributed by atoms with E-state index in [1.807, 2.05) is 25.3 Å². The topological polar surface area (TPSA) is 78.5 Å². The number of hydrogen-bond acceptors (Lipinski definition) is 3. The molecule has 0 radical (unpaired) electrons. The molecular weight excluding hydrogens is 224 g/mol. The molecule has 0 saturated heterocycles. The molecular formula is C14H16N4. The first-order chi connectivity index (χ1) is 8.69. The highest BCUT2D eigenvalue weighted by Gasteiger charge is 2.17. The van der Waals surface area contributed by atoms with Crippen LogP contribution in [0, 0.1) is 18.3 Å². The second-order valence-corrected chi connectivity index (χ2v) is 4.26. The summed E-state index contributed by atoms with van der Waals surface area (Å²) in [5.41, 5.74) is 10.1. The minimum Gasteiger partial charge on any atom is -0.383 e. The summed E-state index contributed by atoms with van der Waals surface area (Å²) >= 11 is 0. The Hall–Kier alpha value is -2.28. The molecule has 2 heterocycles. The Morgan fingerprint density at radius 1 is 1.50 bits per heavy atom. The van der Waals surface area contributed by atoms with E-state index in [0.717, 1.165) is 35.4 Å². The second-order valence-electron chi connectivity index (χ2n) is 4.26. The summed E-state index contributed by atoms with van der Waals surface area (Å²) in [6.45, 7) is 4.05. The van der Waals surface area contributed by atoms with E-state index in [1.165, 1.54) is 0 Å². The third-order valence-electron chi connectivity index (χ3n) is 3.01. The van der Waals surface area contributed by atoms with Crippen molar-refractivity contribution in [2.45, 2.75) is 26.7 Å². The zero-order valence-corrected chi connectivity index (χ0v) is 10.6. The van der Waals surface area contributed by atoms with Gasteiger partial charge < -0.3 is 10.7 Å². The van der Waals surface area contributed by atoms with Crippen LogP contribution in [-0.2, 0) is 6.42 Å². The maximum atomic E-state index is 9.30. The summed E-state index contributed by atoms with van der Waals surface area (Å²) in [6.07, 6.45) is 3.74. The molecule has 18 heavy (non-hydrogen) atoms. The first-order valence-electron chi connectivity index (χ1n) is 6.01. The largest absolute Gasteiger partial charge is 0.383 e. The fourth-order valence-corrected chi connectivity index (χ4v) is 2.22. The van der Waals surface area contributed by atoms with Crippen LogP contribution in [0.15, 0.2) is 18.3 Å². The van der Waals surface area contributed by atoms with Crippen molar-refractivity contribution in [2.24, 2.45) is 0 Å². The van der Waals surface area contributed by atoms with Gasteiger partial charge in [-0.1, -0.05) is 13.3 Å². The lowest BCUT2D eigenvalue weighted by molar-refractivity contribution is 0.900. The lowest BCUT2D eigenvalue weighted by Gasteiger charge is -2.14. The summed E-state index contributed by atoms with van der Waals surface area (Å²) in [4.78, 5) is 7.42. The summed E-state index contributed by atoms with van der Waals surface area (Å²) in [7, 11) is 0. The number of H-pyrrole nitrogens is 1. The second kappa shape index (κ2) is 4.92. The molecule has 0 unspecified atom stereocenters. The van der Waals surface area contributed by atoms with E-state index in [-0.39, 0.29) is 0 Å². The summed E-state index contributed by atoms with van der Waals surface area (Å²) in [5, 5.41) is 9.30. The Bertz CT molecular complexity index is 591. The quantitative estimate of drug-likeness (QED) is 0.865. The van der Waals surface area contributed by atoms with Crippen LogP contribution in [0.25, 0.3) is 11.3 Å². The van der Waals surface area contributed by atoms with E-state index >= 15 is 0 Å². The Balaban J connectivity index is 2.77. The van der Waals surface area contributed by atoms with Crippen LogP contribution in [0.3, 0.4) is 0 Å². The van der Waals surface area contributed by atoms with Gasteiger partial charge in [0.2, 0.25) is 0 Å². The third-order valence-corrected chi connectivity index (χ3v) is 3.01. The molecule has 92 valence electrons. The molecule has 0 bridgehead atoms. The zero-order chi connectivity index (χ0) is 13.1. The molecule has 3 N–H and O–H groups in total. The van der Waals surface area contributed by atoms with Gasteiger partial charge in [0.1, 0.15) is 17.5 Å². The monoisotopic (exact) mass is 240 g/mol. The van der Waals surface area contributed by atoms with E-state index in [4.69, 9.17) is 5.73 Å². The Kier molecular flexibility index (Phi) is 3.33. The van der Waals surface area contributed by atoms with Gasteiger partial charge in [0.15, 0.2) is 0 Å². The smallest absolute Gasteiger partial charge is 0.142 e. The number of pyridine rings is 1. The van der Waals surface area contributed by atoms with Crippen molar-refractivity contribution in [2.75, 3.05) is 5.73 Å². The van der Waals surface area contributed by atoms with Crippen LogP contribution in [0.2, 0.25) is 0 Å². The molecule has 4 nitrogen and oxygen atoms in total. The summed E-state index contributed by atoms with van der Waals surface area (Å²) in [6, 6.07) is 6.04. The molecule has 2 aromatic heterocycles. The highest BCUT2D eigenvalue weighted by Crippen LogP contribution is 2.31. The Morgan fingerprint density at radius 3 is 2.83 bits per heavy atom. The van der Waals surface area contributed by atoms with Crippen molar-refractivity contribution in [3.8, 4) is 17.3 Å². The van der Waals surface area contributed by atoms with Crippen LogP contribution in [0.1, 0.15) is 30.2 Å². The number of nitrogens with two attached hydrogens (primary N) is 1. The van der Waals surface area contributed by atoms with Crippen molar-refractivity contribution in [3.05, 3.63) is 35.2 Å². The molecule has 0 aliphatic heterocycles. The number of nitriles is 1. The molecule has 0 atom stereocenters. The van der Waals surface area contributed by atoms with Crippen LogP contribution in [-0.4, -0.2) is 9.97 Å². The maximum absolute atomic E-state index is 9.30. The fourth-order valence-electron chi connectivity index (χ4n) is 2.22. The molecule has 0 fully saturated rings. The van der Waals surface area contributed by atoms with Crippen molar-refractivity contribution in [1.29, 1.82) is 5.26 Å². The molecule has 0 aromatic carbocycles. The first-order valence-corrected chi connectivity index (χ1v) is 6.01. The predicted octanol–water partition coefficient (Wildman–Crippen LogP) is 2.79. The summed E-state index contributed by atoms with van der Waals surface area (Å²) < 4.78 is 0. The van der Waals surface area contributed by atoms with Gasteiger partial charge in [-0.05, 0) is 31.0 Å². The zero-order valence-electron chi connectivity index (χ0n) is 10.6. The number of rotatable bonds is 3. The van der Waals surface area contributed by atoms with Crippen LogP contribution in [0.5, 0.6) is 0 Å². The lowest BCUT2D eigenvalue weighted by Crippen LogP contribution is -2.05. The van der Waals surface area contributed by atoms with Crippen LogP contribution < -0.4 is 5.73 Å². The lowest BCUT2D eigenvalue weighted by atomic mass is 9.95. The molecule has 2 aromatic rings. The van der Waals surface area contributed by atoms with E-state index in [0.29, 0.717) is 11.4 Å². The number of nitrogen functional groups attached to an aromatic ring is 1. The van der Waals surface area contributed by atoms with E-state index in [9.17, 15) is 5.26 Å². The molecule has 0 spiro atoms. The predicted molar refractivity (Wildman–Crippen MR) is 71.9 cm³/mol. The van der Waals surface area contributed by atoms with Gasteiger partial charge >= 0.3 is 0 Å². The average molecular weight is 240 g/mol. The van der Waals surface area contributed by atoms with Gasteiger partial charge in [-0.25, -0.2) is 4.98 Å². The van der Waals surface area contributed by atoms with Gasteiger partial charge in [0.05, 0.1) is 0 Å². The standard InChI is InChI=1S/C14H16N4/c1-3-5-10-9(2)18-14(16)11(8-15)13(10)12-6-4-7-17-12/h4,6-7,17H,3,5H2,1-2H3,(H2,16,18). The maximum Gasteiger partial charge on any atom is 0.142 e. The molecule has 0 saturated carbocycles. The summed E-state index contributed by atoms with van der Waals surface area (Å²) in [5.74, 6) is 0.305. The highest BCUT2D eigenvalue weighted by atomic mass is 14.9. The number of nitrogens with zero attached hydrogens (tertiary/aromatic N) is 2. The van der Waals surface area contributed by atoms with Gasteiger partial charge in [0, 0.05) is 23.1 Å². The average Bonchev–Trinajstić information content (AvgIpc) is 2.85. The van der Waals surface area contributed by atoms with Crippen LogP contribution in [0.4, 0.5) is 5.82 Å². The molecule has 0 amide bonds. The fraction of sp³-hybridized carbons (Fsp3) is 0.286. The Labute approximate surface area is 106 Å². The molecule has 0 aliphatic rings. The molecule has 2 rings (SSSR count). The van der Waals surface area contributed by atoms with Crippen molar-refractivity contribution in [1.82, 2.24) is 9.97 Å². The number of hydrogen-bond donors (Lipinski definition) is 2. The van der Waals surface area contributed by atoms with Crippen molar-refractivity contribution >= 4 is 5.82 Å². The number of aryl methyl sites for hydroxylation is 1. The molecule has 4 heteroatoms. The number of anilines is 1. The Morgan fingerprint density at radius 2 is 2.28 bits per heavy atom. The first kappa shape index (κ1) is 12.2. The number of nitrogens with one attached hydrogen (secondary N) is 1. The SMILES string of the molecule is CCCc1c(C)nc(N)c(C#N)c1-c1ccc[nH]1. The molecule has 0 aliphatic carbocycles. The minimum absolute atomic E-state index is 0.305. The van der Waals surface area contributed by atoms with Crippen molar-refractivity contribution < 1.29 is 0 Å². The minimum atomic E-state index is 0.305. The normalized spacial score (nSPS) is 10.3. The van der Waals surface area contributed by atoms with Gasteiger partial charge in [-0.3, -0.25) is 0 Å².